The Bertz CT molecular complexity index is 519. The fourth-order valence-corrected chi connectivity index (χ4v) is 2.87. The standard InChI is InChI=1S/C17H25N3O2/c1-14(6-7-18)20-10-8-19(9-11-20)13-15-12-16(21-2)4-5-17(15)22-3/h4-5,12,14H,6,8-11,13H2,1-3H3/t14-/m0/s1. The van der Waals surface area contributed by atoms with Crippen LogP contribution in [0.5, 0.6) is 11.5 Å². The van der Waals surface area contributed by atoms with E-state index in [0.29, 0.717) is 12.5 Å². The summed E-state index contributed by atoms with van der Waals surface area (Å²) in [6.45, 7) is 7.03. The molecule has 1 aromatic rings. The van der Waals surface area contributed by atoms with Crippen LogP contribution in [0.2, 0.25) is 0 Å². The second kappa shape index (κ2) is 8.02. The second-order valence-electron chi connectivity index (χ2n) is 5.70. The summed E-state index contributed by atoms with van der Waals surface area (Å²) in [7, 11) is 3.38. The molecule has 0 aromatic heterocycles. The van der Waals surface area contributed by atoms with E-state index in [4.69, 9.17) is 14.7 Å². The van der Waals surface area contributed by atoms with E-state index in [1.54, 1.807) is 14.2 Å². The van der Waals surface area contributed by atoms with Crippen molar-refractivity contribution < 1.29 is 9.47 Å². The predicted octanol–water partition coefficient (Wildman–Crippen LogP) is 2.12. The van der Waals surface area contributed by atoms with E-state index in [2.05, 4.69) is 22.8 Å². The molecule has 0 radical (unpaired) electrons. The zero-order chi connectivity index (χ0) is 15.9. The lowest BCUT2D eigenvalue weighted by Gasteiger charge is -2.37. The van der Waals surface area contributed by atoms with Crippen molar-refractivity contribution in [3.8, 4) is 17.6 Å². The number of hydrogen-bond donors (Lipinski definition) is 0. The summed E-state index contributed by atoms with van der Waals surface area (Å²) in [5.74, 6) is 1.76. The van der Waals surface area contributed by atoms with Gasteiger partial charge in [-0.1, -0.05) is 0 Å². The van der Waals surface area contributed by atoms with Gasteiger partial charge in [0.2, 0.25) is 0 Å². The third kappa shape index (κ3) is 4.12. The van der Waals surface area contributed by atoms with Crippen LogP contribution in [0.3, 0.4) is 0 Å². The lowest BCUT2D eigenvalue weighted by Crippen LogP contribution is -2.49. The van der Waals surface area contributed by atoms with E-state index in [-0.39, 0.29) is 0 Å². The maximum Gasteiger partial charge on any atom is 0.123 e. The molecular formula is C17H25N3O2. The van der Waals surface area contributed by atoms with Crippen LogP contribution in [-0.2, 0) is 6.54 Å². The first-order valence-electron chi connectivity index (χ1n) is 7.72. The highest BCUT2D eigenvalue weighted by Crippen LogP contribution is 2.25. The normalized spacial score (nSPS) is 17.7. The summed E-state index contributed by atoms with van der Waals surface area (Å²) < 4.78 is 10.8. The van der Waals surface area contributed by atoms with Crippen LogP contribution >= 0.6 is 0 Å². The molecule has 0 spiro atoms. The summed E-state index contributed by atoms with van der Waals surface area (Å²) in [4.78, 5) is 4.81. The Kier molecular flexibility index (Phi) is 6.05. The van der Waals surface area contributed by atoms with Crippen molar-refractivity contribution in [2.45, 2.75) is 25.9 Å². The van der Waals surface area contributed by atoms with Crippen LogP contribution in [0.4, 0.5) is 0 Å². The molecule has 0 N–H and O–H groups in total. The lowest BCUT2D eigenvalue weighted by molar-refractivity contribution is 0.0986. The molecule has 1 heterocycles. The first-order chi connectivity index (χ1) is 10.7. The predicted molar refractivity (Wildman–Crippen MR) is 86.1 cm³/mol. The molecule has 1 aromatic carbocycles. The van der Waals surface area contributed by atoms with E-state index in [9.17, 15) is 0 Å². The van der Waals surface area contributed by atoms with Gasteiger partial charge in [-0.25, -0.2) is 0 Å². The Hall–Kier alpha value is -1.77. The van der Waals surface area contributed by atoms with E-state index in [1.807, 2.05) is 18.2 Å². The monoisotopic (exact) mass is 303 g/mol. The smallest absolute Gasteiger partial charge is 0.123 e. The average Bonchev–Trinajstić information content (AvgIpc) is 2.55. The van der Waals surface area contributed by atoms with Crippen LogP contribution < -0.4 is 9.47 Å². The molecule has 2 rings (SSSR count). The molecule has 120 valence electrons. The van der Waals surface area contributed by atoms with Gasteiger partial charge < -0.3 is 9.47 Å². The topological polar surface area (TPSA) is 48.7 Å². The number of piperazine rings is 1. The first-order valence-corrected chi connectivity index (χ1v) is 7.72. The van der Waals surface area contributed by atoms with E-state index >= 15 is 0 Å². The van der Waals surface area contributed by atoms with Gasteiger partial charge in [-0.3, -0.25) is 9.80 Å². The van der Waals surface area contributed by atoms with Crippen LogP contribution in [0, 0.1) is 11.3 Å². The Morgan fingerprint density at radius 1 is 1.18 bits per heavy atom. The van der Waals surface area contributed by atoms with Crippen molar-refractivity contribution in [1.82, 2.24) is 9.80 Å². The highest BCUT2D eigenvalue weighted by atomic mass is 16.5. The minimum atomic E-state index is 0.346. The third-order valence-corrected chi connectivity index (χ3v) is 4.30. The SMILES string of the molecule is COc1ccc(OC)c(CN2CCN([C@@H](C)CC#N)CC2)c1. The van der Waals surface area contributed by atoms with E-state index in [1.165, 1.54) is 0 Å². The van der Waals surface area contributed by atoms with Crippen molar-refractivity contribution in [3.63, 3.8) is 0 Å². The van der Waals surface area contributed by atoms with Gasteiger partial charge in [0.05, 0.1) is 26.7 Å². The molecule has 5 nitrogen and oxygen atoms in total. The molecule has 1 fully saturated rings. The van der Waals surface area contributed by atoms with Gasteiger partial charge in [-0.15, -0.1) is 0 Å². The number of nitriles is 1. The Labute approximate surface area is 133 Å². The van der Waals surface area contributed by atoms with Gasteiger partial charge in [-0.2, -0.15) is 5.26 Å². The highest BCUT2D eigenvalue weighted by Gasteiger charge is 2.21. The number of hydrogen-bond acceptors (Lipinski definition) is 5. The number of methoxy groups -OCH3 is 2. The summed E-state index contributed by atoms with van der Waals surface area (Å²) in [5, 5.41) is 8.81. The van der Waals surface area contributed by atoms with Gasteiger partial charge in [0.25, 0.3) is 0 Å². The quantitative estimate of drug-likeness (QED) is 0.805. The molecule has 22 heavy (non-hydrogen) atoms. The maximum absolute atomic E-state index is 8.81. The molecule has 0 amide bonds. The summed E-state index contributed by atoms with van der Waals surface area (Å²) >= 11 is 0. The summed E-state index contributed by atoms with van der Waals surface area (Å²) in [5.41, 5.74) is 1.15. The molecule has 1 aliphatic rings. The van der Waals surface area contributed by atoms with Crippen molar-refractivity contribution in [1.29, 1.82) is 5.26 Å². The summed E-state index contributed by atoms with van der Waals surface area (Å²) in [6.07, 6.45) is 0.601. The zero-order valence-electron chi connectivity index (χ0n) is 13.7. The minimum Gasteiger partial charge on any atom is -0.497 e. The highest BCUT2D eigenvalue weighted by molar-refractivity contribution is 5.40. The van der Waals surface area contributed by atoms with Crippen LogP contribution in [-0.4, -0.2) is 56.2 Å². The maximum atomic E-state index is 8.81. The second-order valence-corrected chi connectivity index (χ2v) is 5.70. The van der Waals surface area contributed by atoms with Crippen LogP contribution in [0.15, 0.2) is 18.2 Å². The molecular weight excluding hydrogens is 278 g/mol. The molecule has 1 atom stereocenters. The molecule has 0 bridgehead atoms. The fraction of sp³-hybridized carbons (Fsp3) is 0.588. The minimum absolute atomic E-state index is 0.346. The van der Waals surface area contributed by atoms with Crippen molar-refractivity contribution in [2.24, 2.45) is 0 Å². The largest absolute Gasteiger partial charge is 0.497 e. The fourth-order valence-electron chi connectivity index (χ4n) is 2.87. The molecule has 1 aliphatic heterocycles. The molecule has 0 unspecified atom stereocenters. The van der Waals surface area contributed by atoms with Gasteiger partial charge in [-0.05, 0) is 25.1 Å². The van der Waals surface area contributed by atoms with Crippen molar-refractivity contribution in [3.05, 3.63) is 23.8 Å². The number of nitrogens with zero attached hydrogens (tertiary/aromatic N) is 3. The number of ether oxygens (including phenoxy) is 2. The molecule has 0 aliphatic carbocycles. The number of rotatable bonds is 6. The van der Waals surface area contributed by atoms with Gasteiger partial charge in [0.15, 0.2) is 0 Å². The molecule has 5 heteroatoms. The van der Waals surface area contributed by atoms with Crippen molar-refractivity contribution in [2.75, 3.05) is 40.4 Å². The average molecular weight is 303 g/mol. The van der Waals surface area contributed by atoms with Gasteiger partial charge in [0, 0.05) is 44.3 Å². The Morgan fingerprint density at radius 2 is 1.91 bits per heavy atom. The lowest BCUT2D eigenvalue weighted by atomic mass is 10.1. The van der Waals surface area contributed by atoms with E-state index < -0.39 is 0 Å². The first kappa shape index (κ1) is 16.6. The van der Waals surface area contributed by atoms with Gasteiger partial charge >= 0.3 is 0 Å². The van der Waals surface area contributed by atoms with Crippen LogP contribution in [0.25, 0.3) is 0 Å². The Balaban J connectivity index is 1.94. The zero-order valence-corrected chi connectivity index (χ0v) is 13.7. The Morgan fingerprint density at radius 3 is 2.50 bits per heavy atom. The van der Waals surface area contributed by atoms with Crippen LogP contribution in [0.1, 0.15) is 18.9 Å². The van der Waals surface area contributed by atoms with Gasteiger partial charge in [0.1, 0.15) is 11.5 Å². The van der Waals surface area contributed by atoms with Crippen molar-refractivity contribution >= 4 is 0 Å². The third-order valence-electron chi connectivity index (χ3n) is 4.30. The number of benzene rings is 1. The van der Waals surface area contributed by atoms with E-state index in [0.717, 1.165) is 49.8 Å². The summed E-state index contributed by atoms with van der Waals surface area (Å²) in [6, 6.07) is 8.53. The molecule has 0 saturated carbocycles. The molecule has 1 saturated heterocycles.